The molecule has 7 nitrogen and oxygen atoms in total. The van der Waals surface area contributed by atoms with Gasteiger partial charge in [0.2, 0.25) is 5.91 Å². The van der Waals surface area contributed by atoms with Gasteiger partial charge in [0.1, 0.15) is 11.5 Å². The van der Waals surface area contributed by atoms with Crippen LogP contribution in [0.2, 0.25) is 0 Å². The van der Waals surface area contributed by atoms with Crippen molar-refractivity contribution in [3.8, 4) is 11.5 Å². The topological polar surface area (TPSA) is 100 Å². The number of para-hydroxylation sites is 3. The fraction of sp³-hybridized carbons (Fsp3) is 0.211. The lowest BCUT2D eigenvalue weighted by atomic mass is 10.1. The number of hydrazone groups is 1. The highest BCUT2D eigenvalue weighted by molar-refractivity contribution is 6.06. The molecule has 7 heteroatoms. The summed E-state index contributed by atoms with van der Waals surface area (Å²) in [6, 6.07) is 11.9. The van der Waals surface area contributed by atoms with Crippen LogP contribution in [0.5, 0.6) is 11.5 Å². The first-order valence-electron chi connectivity index (χ1n) is 7.97. The predicted molar refractivity (Wildman–Crippen MR) is 99.7 cm³/mol. The number of phenolic OH excluding ortho intramolecular Hbond substituents is 1. The van der Waals surface area contributed by atoms with Gasteiger partial charge in [-0.1, -0.05) is 24.3 Å². The van der Waals surface area contributed by atoms with Crippen LogP contribution in [0.3, 0.4) is 0 Å². The summed E-state index contributed by atoms with van der Waals surface area (Å²) in [4.78, 5) is 24.2. The standard InChI is InChI=1S/C19H21N3O4/c1-12-7-6-8-14(18(12)24)19(25)22-21-13(2)11-17(23)20-15-9-4-5-10-16(15)26-3/h4-10,24H,11H2,1-3H3,(H,20,23)(H,22,25)/b21-13+. The molecule has 0 aromatic heterocycles. The molecule has 0 heterocycles. The largest absolute Gasteiger partial charge is 0.507 e. The number of ether oxygens (including phenoxy) is 1. The molecule has 136 valence electrons. The second kappa shape index (κ2) is 8.66. The van der Waals surface area contributed by atoms with Crippen LogP contribution in [0.1, 0.15) is 29.3 Å². The zero-order valence-electron chi connectivity index (χ0n) is 14.9. The van der Waals surface area contributed by atoms with Gasteiger partial charge in [0, 0.05) is 5.71 Å². The lowest BCUT2D eigenvalue weighted by Gasteiger charge is -2.10. The predicted octanol–water partition coefficient (Wildman–Crippen LogP) is 2.84. The molecule has 0 saturated carbocycles. The minimum absolute atomic E-state index is 0.00186. The Hall–Kier alpha value is -3.35. The number of nitrogens with one attached hydrogen (secondary N) is 2. The normalized spacial score (nSPS) is 11.0. The van der Waals surface area contributed by atoms with Crippen LogP contribution in [-0.4, -0.2) is 29.7 Å². The number of hydrogen-bond donors (Lipinski definition) is 3. The fourth-order valence-electron chi connectivity index (χ4n) is 2.26. The third kappa shape index (κ3) is 4.83. The molecule has 0 atom stereocenters. The monoisotopic (exact) mass is 355 g/mol. The van der Waals surface area contributed by atoms with Gasteiger partial charge < -0.3 is 15.2 Å². The number of hydrogen-bond acceptors (Lipinski definition) is 5. The van der Waals surface area contributed by atoms with Gasteiger partial charge >= 0.3 is 0 Å². The second-order valence-electron chi connectivity index (χ2n) is 5.68. The number of amides is 2. The first-order valence-corrected chi connectivity index (χ1v) is 7.97. The quantitative estimate of drug-likeness (QED) is 0.548. The van der Waals surface area contributed by atoms with E-state index in [1.165, 1.54) is 13.2 Å². The minimum atomic E-state index is -0.546. The van der Waals surface area contributed by atoms with Crippen molar-refractivity contribution >= 4 is 23.2 Å². The van der Waals surface area contributed by atoms with Gasteiger partial charge in [-0.3, -0.25) is 9.59 Å². The van der Waals surface area contributed by atoms with E-state index in [2.05, 4.69) is 15.8 Å². The average molecular weight is 355 g/mol. The Morgan fingerprint density at radius 2 is 1.88 bits per heavy atom. The molecule has 0 bridgehead atoms. The Bertz CT molecular complexity index is 846. The van der Waals surface area contributed by atoms with Gasteiger partial charge in [-0.25, -0.2) is 5.43 Å². The molecule has 2 amide bonds. The Morgan fingerprint density at radius 1 is 1.15 bits per heavy atom. The van der Waals surface area contributed by atoms with Crippen molar-refractivity contribution in [2.75, 3.05) is 12.4 Å². The minimum Gasteiger partial charge on any atom is -0.507 e. The number of methoxy groups -OCH3 is 1. The summed E-state index contributed by atoms with van der Waals surface area (Å²) >= 11 is 0. The van der Waals surface area contributed by atoms with E-state index in [1.54, 1.807) is 50.2 Å². The van der Waals surface area contributed by atoms with E-state index in [-0.39, 0.29) is 23.6 Å². The third-order valence-corrected chi connectivity index (χ3v) is 3.63. The number of aromatic hydroxyl groups is 1. The summed E-state index contributed by atoms with van der Waals surface area (Å²) in [7, 11) is 1.52. The van der Waals surface area contributed by atoms with E-state index in [9.17, 15) is 14.7 Å². The van der Waals surface area contributed by atoms with Crippen molar-refractivity contribution in [3.63, 3.8) is 0 Å². The smallest absolute Gasteiger partial charge is 0.275 e. The van der Waals surface area contributed by atoms with E-state index in [0.717, 1.165) is 0 Å². The van der Waals surface area contributed by atoms with Crippen LogP contribution in [0, 0.1) is 6.92 Å². The van der Waals surface area contributed by atoms with Crippen LogP contribution < -0.4 is 15.5 Å². The Kier molecular flexibility index (Phi) is 6.32. The zero-order chi connectivity index (χ0) is 19.1. The van der Waals surface area contributed by atoms with E-state index in [4.69, 9.17) is 4.74 Å². The highest BCUT2D eigenvalue weighted by Gasteiger charge is 2.12. The van der Waals surface area contributed by atoms with E-state index >= 15 is 0 Å². The Morgan fingerprint density at radius 3 is 2.62 bits per heavy atom. The highest BCUT2D eigenvalue weighted by Crippen LogP contribution is 2.23. The third-order valence-electron chi connectivity index (χ3n) is 3.63. The maximum absolute atomic E-state index is 12.1. The summed E-state index contributed by atoms with van der Waals surface area (Å²) < 4.78 is 5.17. The van der Waals surface area contributed by atoms with Crippen molar-refractivity contribution in [1.29, 1.82) is 0 Å². The second-order valence-corrected chi connectivity index (χ2v) is 5.68. The molecule has 3 N–H and O–H groups in total. The molecule has 2 rings (SSSR count). The number of anilines is 1. The van der Waals surface area contributed by atoms with E-state index in [1.807, 2.05) is 0 Å². The molecular formula is C19H21N3O4. The van der Waals surface area contributed by atoms with Gasteiger partial charge in [-0.15, -0.1) is 0 Å². The highest BCUT2D eigenvalue weighted by atomic mass is 16.5. The lowest BCUT2D eigenvalue weighted by molar-refractivity contribution is -0.115. The van der Waals surface area contributed by atoms with E-state index in [0.29, 0.717) is 22.7 Å². The number of phenols is 1. The molecule has 2 aromatic rings. The molecule has 0 saturated heterocycles. The summed E-state index contributed by atoms with van der Waals surface area (Å²) in [5.74, 6) is -0.371. The van der Waals surface area contributed by atoms with E-state index < -0.39 is 5.91 Å². The Labute approximate surface area is 151 Å². The molecule has 0 radical (unpaired) electrons. The van der Waals surface area contributed by atoms with Crippen molar-refractivity contribution in [1.82, 2.24) is 5.43 Å². The SMILES string of the molecule is COc1ccccc1NC(=O)C/C(C)=N/NC(=O)c1cccc(C)c1O. The summed E-state index contributed by atoms with van der Waals surface area (Å²) in [6.07, 6.45) is -0.00186. The fourth-order valence-corrected chi connectivity index (χ4v) is 2.26. The Balaban J connectivity index is 1.96. The zero-order valence-corrected chi connectivity index (χ0v) is 14.9. The van der Waals surface area contributed by atoms with Crippen LogP contribution >= 0.6 is 0 Å². The lowest BCUT2D eigenvalue weighted by Crippen LogP contribution is -2.21. The van der Waals surface area contributed by atoms with Crippen LogP contribution in [-0.2, 0) is 4.79 Å². The number of carbonyl (C=O) groups excluding carboxylic acids is 2. The molecule has 0 unspecified atom stereocenters. The van der Waals surface area contributed by atoms with Crippen LogP contribution in [0.25, 0.3) is 0 Å². The summed E-state index contributed by atoms with van der Waals surface area (Å²) in [5, 5.41) is 16.5. The van der Waals surface area contributed by atoms with Gasteiger partial charge in [0.15, 0.2) is 0 Å². The van der Waals surface area contributed by atoms with Crippen molar-refractivity contribution < 1.29 is 19.4 Å². The van der Waals surface area contributed by atoms with Gasteiger partial charge in [0.05, 0.1) is 24.8 Å². The first-order chi connectivity index (χ1) is 12.4. The van der Waals surface area contributed by atoms with Gasteiger partial charge in [0.25, 0.3) is 5.91 Å². The number of rotatable bonds is 6. The molecule has 0 fully saturated rings. The number of carbonyl (C=O) groups is 2. The summed E-state index contributed by atoms with van der Waals surface area (Å²) in [5.41, 5.74) is 4.03. The van der Waals surface area contributed by atoms with Crippen LogP contribution in [0.4, 0.5) is 5.69 Å². The number of nitrogens with zero attached hydrogens (tertiary/aromatic N) is 1. The van der Waals surface area contributed by atoms with Crippen molar-refractivity contribution in [2.45, 2.75) is 20.3 Å². The molecule has 0 aliphatic rings. The van der Waals surface area contributed by atoms with Crippen molar-refractivity contribution in [2.24, 2.45) is 5.10 Å². The first kappa shape index (κ1) is 19.0. The van der Waals surface area contributed by atoms with Crippen LogP contribution in [0.15, 0.2) is 47.6 Å². The summed E-state index contributed by atoms with van der Waals surface area (Å²) in [6.45, 7) is 3.32. The molecule has 0 aliphatic carbocycles. The maximum atomic E-state index is 12.1. The van der Waals surface area contributed by atoms with Gasteiger partial charge in [-0.05, 0) is 37.6 Å². The average Bonchev–Trinajstić information content (AvgIpc) is 2.62. The molecule has 2 aromatic carbocycles. The molecular weight excluding hydrogens is 334 g/mol. The molecule has 0 spiro atoms. The van der Waals surface area contributed by atoms with Gasteiger partial charge in [-0.2, -0.15) is 5.10 Å². The van der Waals surface area contributed by atoms with Crippen molar-refractivity contribution in [3.05, 3.63) is 53.6 Å². The maximum Gasteiger partial charge on any atom is 0.275 e. The number of benzene rings is 2. The number of aryl methyl sites for hydroxylation is 1. The molecule has 26 heavy (non-hydrogen) atoms. The molecule has 0 aliphatic heterocycles.